The molecule has 0 amide bonds. The molecule has 0 aliphatic heterocycles. The summed E-state index contributed by atoms with van der Waals surface area (Å²) in [6.07, 6.45) is 1.14. The molecule has 1 N–H and O–H groups in total. The van der Waals surface area contributed by atoms with Gasteiger partial charge in [0.25, 0.3) is 0 Å². The quantitative estimate of drug-likeness (QED) is 0.772. The Labute approximate surface area is 80.3 Å². The normalized spacial score (nSPS) is 15.7. The lowest BCUT2D eigenvalue weighted by Gasteiger charge is -2.16. The highest BCUT2D eigenvalue weighted by Crippen LogP contribution is 2.16. The fourth-order valence-corrected chi connectivity index (χ4v) is 1.31. The summed E-state index contributed by atoms with van der Waals surface area (Å²) in [4.78, 5) is 0. The summed E-state index contributed by atoms with van der Waals surface area (Å²) >= 11 is 0. The van der Waals surface area contributed by atoms with Crippen LogP contribution in [0.5, 0.6) is 0 Å². The summed E-state index contributed by atoms with van der Waals surface area (Å²) in [7, 11) is 0. The van der Waals surface area contributed by atoms with E-state index in [-0.39, 0.29) is 0 Å². The zero-order valence-electron chi connectivity index (χ0n) is 8.92. The van der Waals surface area contributed by atoms with Gasteiger partial charge in [0.2, 0.25) is 0 Å². The fraction of sp³-hybridized carbons (Fsp3) is 0.636. The summed E-state index contributed by atoms with van der Waals surface area (Å²) in [5.41, 5.74) is 0. The van der Waals surface area contributed by atoms with Crippen molar-refractivity contribution in [2.75, 3.05) is 0 Å². The minimum absolute atomic E-state index is 0.309. The predicted octanol–water partition coefficient (Wildman–Crippen LogP) is 3.04. The van der Waals surface area contributed by atoms with Crippen LogP contribution in [0.1, 0.15) is 44.8 Å². The zero-order valence-corrected chi connectivity index (χ0v) is 8.92. The van der Waals surface area contributed by atoms with Crippen molar-refractivity contribution in [3.63, 3.8) is 0 Å². The average molecular weight is 181 g/mol. The van der Waals surface area contributed by atoms with Gasteiger partial charge >= 0.3 is 0 Å². The zero-order chi connectivity index (χ0) is 9.84. The van der Waals surface area contributed by atoms with Crippen LogP contribution in [-0.4, -0.2) is 6.04 Å². The molecule has 0 aromatic carbocycles. The van der Waals surface area contributed by atoms with Crippen LogP contribution >= 0.6 is 0 Å². The van der Waals surface area contributed by atoms with Crippen LogP contribution in [0, 0.1) is 6.92 Å². The highest BCUT2D eigenvalue weighted by molar-refractivity contribution is 5.08. The Bertz CT molecular complexity index is 254. The van der Waals surface area contributed by atoms with Crippen LogP contribution < -0.4 is 5.32 Å². The molecular weight excluding hydrogens is 162 g/mol. The predicted molar refractivity (Wildman–Crippen MR) is 54.7 cm³/mol. The van der Waals surface area contributed by atoms with Crippen molar-refractivity contribution in [2.45, 2.75) is 46.2 Å². The molecule has 2 heteroatoms. The minimum Gasteiger partial charge on any atom is -0.465 e. The minimum atomic E-state index is 0.309. The topological polar surface area (TPSA) is 25.2 Å². The van der Waals surface area contributed by atoms with Gasteiger partial charge in [-0.1, -0.05) is 6.92 Å². The Balaban J connectivity index is 2.53. The molecule has 13 heavy (non-hydrogen) atoms. The number of hydrogen-bond acceptors (Lipinski definition) is 2. The van der Waals surface area contributed by atoms with Crippen molar-refractivity contribution in [1.82, 2.24) is 5.32 Å². The first-order chi connectivity index (χ1) is 6.13. The second-order valence-electron chi connectivity index (χ2n) is 3.65. The monoisotopic (exact) mass is 181 g/mol. The van der Waals surface area contributed by atoms with E-state index in [1.807, 2.05) is 19.1 Å². The lowest BCUT2D eigenvalue weighted by Crippen LogP contribution is -2.27. The molecule has 1 aromatic rings. The van der Waals surface area contributed by atoms with Gasteiger partial charge < -0.3 is 9.73 Å². The van der Waals surface area contributed by atoms with Gasteiger partial charge in [-0.2, -0.15) is 0 Å². The number of rotatable bonds is 4. The molecule has 1 aromatic heterocycles. The average Bonchev–Trinajstić information content (AvgIpc) is 2.51. The van der Waals surface area contributed by atoms with Crippen molar-refractivity contribution in [1.29, 1.82) is 0 Å². The van der Waals surface area contributed by atoms with Crippen LogP contribution in [0.2, 0.25) is 0 Å². The van der Waals surface area contributed by atoms with Gasteiger partial charge in [0.15, 0.2) is 0 Å². The maximum atomic E-state index is 5.53. The van der Waals surface area contributed by atoms with Crippen LogP contribution in [-0.2, 0) is 0 Å². The Morgan fingerprint density at radius 3 is 2.54 bits per heavy atom. The SMILES string of the molecule is CC[C@H](C)N[C@H](C)c1ccc(C)o1. The van der Waals surface area contributed by atoms with E-state index in [1.165, 1.54) is 0 Å². The molecule has 0 fully saturated rings. The molecule has 0 aliphatic rings. The summed E-state index contributed by atoms with van der Waals surface area (Å²) in [6, 6.07) is 4.89. The van der Waals surface area contributed by atoms with Gasteiger partial charge in [-0.3, -0.25) is 0 Å². The molecule has 0 spiro atoms. The molecule has 0 bridgehead atoms. The molecular formula is C11H19NO. The molecule has 0 radical (unpaired) electrons. The van der Waals surface area contributed by atoms with E-state index in [1.54, 1.807) is 0 Å². The number of hydrogen-bond donors (Lipinski definition) is 1. The van der Waals surface area contributed by atoms with Crippen molar-refractivity contribution in [3.8, 4) is 0 Å². The smallest absolute Gasteiger partial charge is 0.120 e. The van der Waals surface area contributed by atoms with E-state index >= 15 is 0 Å². The van der Waals surface area contributed by atoms with Gasteiger partial charge in [0, 0.05) is 6.04 Å². The van der Waals surface area contributed by atoms with Crippen LogP contribution in [0.15, 0.2) is 16.5 Å². The second-order valence-corrected chi connectivity index (χ2v) is 3.65. The Hall–Kier alpha value is -0.760. The first-order valence-electron chi connectivity index (χ1n) is 4.96. The van der Waals surface area contributed by atoms with Gasteiger partial charge in [0.1, 0.15) is 11.5 Å². The lowest BCUT2D eigenvalue weighted by molar-refractivity contribution is 0.385. The first-order valence-corrected chi connectivity index (χ1v) is 4.96. The molecule has 0 saturated heterocycles. The molecule has 1 heterocycles. The van der Waals surface area contributed by atoms with Crippen LogP contribution in [0.25, 0.3) is 0 Å². The van der Waals surface area contributed by atoms with Gasteiger partial charge in [-0.15, -0.1) is 0 Å². The highest BCUT2D eigenvalue weighted by atomic mass is 16.3. The van der Waals surface area contributed by atoms with Gasteiger partial charge in [-0.25, -0.2) is 0 Å². The number of furan rings is 1. The molecule has 0 aliphatic carbocycles. The number of nitrogens with one attached hydrogen (secondary N) is 1. The van der Waals surface area contributed by atoms with E-state index in [2.05, 4.69) is 26.1 Å². The fourth-order valence-electron chi connectivity index (χ4n) is 1.31. The maximum Gasteiger partial charge on any atom is 0.120 e. The van der Waals surface area contributed by atoms with E-state index in [9.17, 15) is 0 Å². The summed E-state index contributed by atoms with van der Waals surface area (Å²) < 4.78 is 5.53. The first kappa shape index (κ1) is 10.3. The van der Waals surface area contributed by atoms with Gasteiger partial charge in [-0.05, 0) is 39.3 Å². The standard InChI is InChI=1S/C11H19NO/c1-5-8(2)12-10(4)11-7-6-9(3)13-11/h6-8,10,12H,5H2,1-4H3/t8-,10+/m0/s1. The third kappa shape index (κ3) is 2.88. The van der Waals surface area contributed by atoms with Crippen LogP contribution in [0.3, 0.4) is 0 Å². The van der Waals surface area contributed by atoms with E-state index in [4.69, 9.17) is 4.42 Å². The molecule has 2 nitrogen and oxygen atoms in total. The van der Waals surface area contributed by atoms with Crippen molar-refractivity contribution in [3.05, 3.63) is 23.7 Å². The summed E-state index contributed by atoms with van der Waals surface area (Å²) in [5.74, 6) is 2.01. The van der Waals surface area contributed by atoms with Crippen molar-refractivity contribution >= 4 is 0 Å². The van der Waals surface area contributed by atoms with Crippen LogP contribution in [0.4, 0.5) is 0 Å². The second kappa shape index (κ2) is 4.47. The Morgan fingerprint density at radius 2 is 2.08 bits per heavy atom. The third-order valence-electron chi connectivity index (χ3n) is 2.33. The molecule has 1 rings (SSSR count). The Morgan fingerprint density at radius 1 is 1.38 bits per heavy atom. The van der Waals surface area contributed by atoms with Crippen molar-refractivity contribution < 1.29 is 4.42 Å². The molecule has 2 atom stereocenters. The highest BCUT2D eigenvalue weighted by Gasteiger charge is 2.10. The van der Waals surface area contributed by atoms with E-state index in [0.29, 0.717) is 12.1 Å². The van der Waals surface area contributed by atoms with Gasteiger partial charge in [0.05, 0.1) is 6.04 Å². The molecule has 0 saturated carbocycles. The Kier molecular flexibility index (Phi) is 3.55. The summed E-state index contributed by atoms with van der Waals surface area (Å²) in [6.45, 7) is 8.47. The molecule has 74 valence electrons. The lowest BCUT2D eigenvalue weighted by atomic mass is 10.2. The maximum absolute atomic E-state index is 5.53. The van der Waals surface area contributed by atoms with E-state index in [0.717, 1.165) is 17.9 Å². The molecule has 0 unspecified atom stereocenters. The summed E-state index contributed by atoms with van der Waals surface area (Å²) in [5, 5.41) is 3.47. The largest absolute Gasteiger partial charge is 0.465 e. The number of aryl methyl sites for hydroxylation is 1. The van der Waals surface area contributed by atoms with Crippen molar-refractivity contribution in [2.24, 2.45) is 0 Å². The third-order valence-corrected chi connectivity index (χ3v) is 2.33. The van der Waals surface area contributed by atoms with E-state index < -0.39 is 0 Å².